The molecule has 0 aromatic heterocycles. The standard InChI is InChI=1S/C24H31N3O7S2/c1-33-22-10-8-18(35(29,30)26-12-4-3-5-13-26)16-20(22)24(28)25-21-17-19(9-11-23(21)34-2)36(31,32)27-14-6-7-15-27/h8-11,16-17H,3-7,12-15H2,1-2H3,(H,25,28). The van der Waals surface area contributed by atoms with Crippen molar-refractivity contribution >= 4 is 31.6 Å². The maximum atomic E-state index is 13.3. The number of sulfonamides is 2. The molecule has 0 saturated carbocycles. The molecule has 10 nitrogen and oxygen atoms in total. The fourth-order valence-electron chi connectivity index (χ4n) is 4.49. The number of methoxy groups -OCH3 is 2. The van der Waals surface area contributed by atoms with Crippen molar-refractivity contribution in [1.82, 2.24) is 8.61 Å². The number of nitrogens with one attached hydrogen (secondary N) is 1. The summed E-state index contributed by atoms with van der Waals surface area (Å²) in [6.07, 6.45) is 4.17. The molecule has 2 aromatic rings. The molecule has 36 heavy (non-hydrogen) atoms. The summed E-state index contributed by atoms with van der Waals surface area (Å²) in [5, 5.41) is 2.68. The van der Waals surface area contributed by atoms with Crippen LogP contribution in [-0.4, -0.2) is 71.8 Å². The Morgan fingerprint density at radius 1 is 0.722 bits per heavy atom. The second-order valence-electron chi connectivity index (χ2n) is 8.75. The van der Waals surface area contributed by atoms with Crippen LogP contribution in [-0.2, 0) is 20.0 Å². The number of rotatable bonds is 8. The normalized spacial score (nSPS) is 17.6. The summed E-state index contributed by atoms with van der Waals surface area (Å²) in [5.41, 5.74) is 0.152. The number of piperidine rings is 1. The summed E-state index contributed by atoms with van der Waals surface area (Å²) >= 11 is 0. The number of carbonyl (C=O) groups excluding carboxylic acids is 1. The molecule has 0 aliphatic carbocycles. The van der Waals surface area contributed by atoms with E-state index in [-0.39, 0.29) is 32.5 Å². The van der Waals surface area contributed by atoms with Gasteiger partial charge >= 0.3 is 0 Å². The van der Waals surface area contributed by atoms with Gasteiger partial charge in [0.15, 0.2) is 0 Å². The van der Waals surface area contributed by atoms with Crippen molar-refractivity contribution in [2.75, 3.05) is 45.7 Å². The van der Waals surface area contributed by atoms with Crippen molar-refractivity contribution < 1.29 is 31.1 Å². The SMILES string of the molecule is COc1ccc(S(=O)(=O)N2CCCC2)cc1NC(=O)c1cc(S(=O)(=O)N2CCCCC2)ccc1OC. The maximum Gasteiger partial charge on any atom is 0.259 e. The highest BCUT2D eigenvalue weighted by Crippen LogP contribution is 2.32. The molecule has 2 aliphatic heterocycles. The third-order valence-electron chi connectivity index (χ3n) is 6.49. The van der Waals surface area contributed by atoms with Crippen LogP contribution in [0.3, 0.4) is 0 Å². The number of nitrogens with zero attached hydrogens (tertiary/aromatic N) is 2. The lowest BCUT2D eigenvalue weighted by atomic mass is 10.1. The third kappa shape index (κ3) is 5.22. The molecule has 2 heterocycles. The number of hydrogen-bond acceptors (Lipinski definition) is 7. The molecular weight excluding hydrogens is 506 g/mol. The molecule has 1 amide bonds. The quantitative estimate of drug-likeness (QED) is 0.549. The zero-order valence-corrected chi connectivity index (χ0v) is 22.0. The van der Waals surface area contributed by atoms with Crippen LogP contribution in [0.25, 0.3) is 0 Å². The summed E-state index contributed by atoms with van der Waals surface area (Å²) < 4.78 is 65.9. The smallest absolute Gasteiger partial charge is 0.259 e. The fourth-order valence-corrected chi connectivity index (χ4v) is 7.58. The van der Waals surface area contributed by atoms with Crippen LogP contribution in [0.2, 0.25) is 0 Å². The van der Waals surface area contributed by atoms with E-state index >= 15 is 0 Å². The highest BCUT2D eigenvalue weighted by Gasteiger charge is 2.30. The van der Waals surface area contributed by atoms with E-state index in [0.717, 1.165) is 32.1 Å². The topological polar surface area (TPSA) is 122 Å². The Kier molecular flexibility index (Phi) is 7.88. The molecule has 0 atom stereocenters. The van der Waals surface area contributed by atoms with E-state index < -0.39 is 26.0 Å². The molecule has 2 aromatic carbocycles. The predicted octanol–water partition coefficient (Wildman–Crippen LogP) is 2.92. The molecule has 2 aliphatic rings. The number of ether oxygens (including phenoxy) is 2. The zero-order chi connectivity index (χ0) is 25.9. The maximum absolute atomic E-state index is 13.3. The van der Waals surface area contributed by atoms with Crippen LogP contribution >= 0.6 is 0 Å². The van der Waals surface area contributed by atoms with Gasteiger partial charge in [-0.2, -0.15) is 8.61 Å². The third-order valence-corrected chi connectivity index (χ3v) is 10.3. The van der Waals surface area contributed by atoms with Crippen LogP contribution in [0.15, 0.2) is 46.2 Å². The molecule has 0 bridgehead atoms. The molecule has 2 fully saturated rings. The monoisotopic (exact) mass is 537 g/mol. The van der Waals surface area contributed by atoms with Gasteiger partial charge in [-0.1, -0.05) is 6.42 Å². The molecule has 12 heteroatoms. The lowest BCUT2D eigenvalue weighted by molar-refractivity contribution is 0.102. The van der Waals surface area contributed by atoms with E-state index in [4.69, 9.17) is 9.47 Å². The van der Waals surface area contributed by atoms with Gasteiger partial charge in [0.25, 0.3) is 5.91 Å². The van der Waals surface area contributed by atoms with Crippen molar-refractivity contribution in [3.05, 3.63) is 42.0 Å². The fraction of sp³-hybridized carbons (Fsp3) is 0.458. The van der Waals surface area contributed by atoms with Gasteiger partial charge in [0.2, 0.25) is 20.0 Å². The van der Waals surface area contributed by atoms with Gasteiger partial charge in [-0.05, 0) is 62.1 Å². The summed E-state index contributed by atoms with van der Waals surface area (Å²) in [4.78, 5) is 13.3. The highest BCUT2D eigenvalue weighted by atomic mass is 32.2. The molecule has 2 saturated heterocycles. The Hall–Kier alpha value is -2.67. The van der Waals surface area contributed by atoms with Gasteiger partial charge in [-0.25, -0.2) is 16.8 Å². The zero-order valence-electron chi connectivity index (χ0n) is 20.4. The highest BCUT2D eigenvalue weighted by molar-refractivity contribution is 7.89. The number of amides is 1. The Bertz CT molecular complexity index is 1330. The summed E-state index contributed by atoms with van der Waals surface area (Å²) in [6.45, 7) is 1.77. The molecule has 0 radical (unpaired) electrons. The largest absolute Gasteiger partial charge is 0.496 e. The van der Waals surface area contributed by atoms with Crippen LogP contribution < -0.4 is 14.8 Å². The summed E-state index contributed by atoms with van der Waals surface area (Å²) in [6, 6.07) is 8.42. The van der Waals surface area contributed by atoms with Gasteiger partial charge in [0.05, 0.1) is 35.3 Å². The Morgan fingerprint density at radius 3 is 1.72 bits per heavy atom. The Labute approximate surface area is 212 Å². The van der Waals surface area contributed by atoms with Crippen molar-refractivity contribution in [2.24, 2.45) is 0 Å². The van der Waals surface area contributed by atoms with Crippen molar-refractivity contribution in [2.45, 2.75) is 41.9 Å². The predicted molar refractivity (Wildman–Crippen MR) is 135 cm³/mol. The van der Waals surface area contributed by atoms with E-state index in [9.17, 15) is 21.6 Å². The minimum Gasteiger partial charge on any atom is -0.496 e. The summed E-state index contributed by atoms with van der Waals surface area (Å²) in [5.74, 6) is -0.207. The van der Waals surface area contributed by atoms with Crippen LogP contribution in [0.1, 0.15) is 42.5 Å². The number of benzene rings is 2. The van der Waals surface area contributed by atoms with E-state index in [1.165, 1.54) is 59.2 Å². The first-order valence-electron chi connectivity index (χ1n) is 11.9. The molecular formula is C24H31N3O7S2. The molecule has 0 spiro atoms. The van der Waals surface area contributed by atoms with Gasteiger partial charge in [-0.3, -0.25) is 4.79 Å². The van der Waals surface area contributed by atoms with Crippen LogP contribution in [0, 0.1) is 0 Å². The first-order valence-corrected chi connectivity index (χ1v) is 14.7. The minimum atomic E-state index is -3.78. The number of anilines is 1. The van der Waals surface area contributed by atoms with Gasteiger partial charge < -0.3 is 14.8 Å². The van der Waals surface area contributed by atoms with Crippen LogP contribution in [0.4, 0.5) is 5.69 Å². The molecule has 196 valence electrons. The first kappa shape index (κ1) is 26.4. The van der Waals surface area contributed by atoms with Gasteiger partial charge in [-0.15, -0.1) is 0 Å². The lowest BCUT2D eigenvalue weighted by Gasteiger charge is -2.26. The summed E-state index contributed by atoms with van der Waals surface area (Å²) in [7, 11) is -4.70. The Balaban J connectivity index is 1.66. The number of carbonyl (C=O) groups is 1. The van der Waals surface area contributed by atoms with Crippen molar-refractivity contribution in [3.63, 3.8) is 0 Å². The number of hydrogen-bond donors (Lipinski definition) is 1. The lowest BCUT2D eigenvalue weighted by Crippen LogP contribution is -2.35. The van der Waals surface area contributed by atoms with E-state index in [2.05, 4.69) is 5.32 Å². The van der Waals surface area contributed by atoms with E-state index in [1.807, 2.05) is 0 Å². The minimum absolute atomic E-state index is 0.00504. The second kappa shape index (κ2) is 10.8. The van der Waals surface area contributed by atoms with Gasteiger partial charge in [0, 0.05) is 26.2 Å². The molecule has 1 N–H and O–H groups in total. The van der Waals surface area contributed by atoms with E-state index in [0.29, 0.717) is 26.2 Å². The molecule has 0 unspecified atom stereocenters. The average Bonchev–Trinajstić information content (AvgIpc) is 3.45. The van der Waals surface area contributed by atoms with Crippen molar-refractivity contribution in [1.29, 1.82) is 0 Å². The van der Waals surface area contributed by atoms with Crippen LogP contribution in [0.5, 0.6) is 11.5 Å². The average molecular weight is 538 g/mol. The van der Waals surface area contributed by atoms with E-state index in [1.54, 1.807) is 0 Å². The first-order chi connectivity index (χ1) is 17.2. The van der Waals surface area contributed by atoms with Crippen molar-refractivity contribution in [3.8, 4) is 11.5 Å². The molecule has 4 rings (SSSR count). The van der Waals surface area contributed by atoms with Gasteiger partial charge in [0.1, 0.15) is 11.5 Å². The Morgan fingerprint density at radius 2 is 1.19 bits per heavy atom. The second-order valence-corrected chi connectivity index (χ2v) is 12.6.